The number of halogens is 1. The van der Waals surface area contributed by atoms with E-state index in [1.807, 2.05) is 12.1 Å². The summed E-state index contributed by atoms with van der Waals surface area (Å²) in [7, 11) is 4.97. The largest absolute Gasteiger partial charge is 0.493 e. The molecule has 170 valence electrons. The fraction of sp³-hybridized carbons (Fsp3) is 0.259. The molecule has 0 fully saturated rings. The van der Waals surface area contributed by atoms with E-state index in [4.69, 9.17) is 18.6 Å². The third-order valence-electron chi connectivity index (χ3n) is 6.28. The van der Waals surface area contributed by atoms with Gasteiger partial charge in [-0.3, -0.25) is 4.90 Å². The number of methoxy groups -OCH3 is 3. The molecule has 0 unspecified atom stereocenters. The molecule has 0 saturated heterocycles. The second kappa shape index (κ2) is 8.79. The topological polar surface area (TPSA) is 44.1 Å². The van der Waals surface area contributed by atoms with Crippen molar-refractivity contribution in [1.82, 2.24) is 4.90 Å². The highest BCUT2D eigenvalue weighted by molar-refractivity contribution is 5.90. The maximum absolute atomic E-state index is 13.4. The Labute approximate surface area is 192 Å². The Morgan fingerprint density at radius 3 is 2.24 bits per heavy atom. The van der Waals surface area contributed by atoms with Crippen molar-refractivity contribution in [1.29, 1.82) is 0 Å². The third kappa shape index (κ3) is 4.02. The van der Waals surface area contributed by atoms with Gasteiger partial charge in [0.25, 0.3) is 0 Å². The lowest BCUT2D eigenvalue weighted by Gasteiger charge is -2.29. The number of benzene rings is 3. The average Bonchev–Trinajstić information content (AvgIpc) is 3.29. The van der Waals surface area contributed by atoms with E-state index in [1.54, 1.807) is 33.5 Å². The summed E-state index contributed by atoms with van der Waals surface area (Å²) >= 11 is 0. The molecule has 1 aliphatic heterocycles. The van der Waals surface area contributed by atoms with Gasteiger partial charge in [0.2, 0.25) is 0 Å². The Kier molecular flexibility index (Phi) is 5.68. The van der Waals surface area contributed by atoms with Crippen LogP contribution in [0.15, 0.2) is 59.0 Å². The molecule has 6 heteroatoms. The first-order valence-electron chi connectivity index (χ1n) is 10.9. The molecule has 5 nitrogen and oxygen atoms in total. The minimum atomic E-state index is -0.271. The Morgan fingerprint density at radius 2 is 1.55 bits per heavy atom. The zero-order valence-corrected chi connectivity index (χ0v) is 19.0. The summed E-state index contributed by atoms with van der Waals surface area (Å²) in [4.78, 5) is 2.42. The molecular weight excluding hydrogens is 421 g/mol. The normalized spacial score (nSPS) is 13.7. The quantitative estimate of drug-likeness (QED) is 0.373. The summed E-state index contributed by atoms with van der Waals surface area (Å²) in [6.45, 7) is 2.54. The molecule has 33 heavy (non-hydrogen) atoms. The number of hydrogen-bond donors (Lipinski definition) is 0. The molecule has 3 aromatic carbocycles. The van der Waals surface area contributed by atoms with Crippen LogP contribution in [-0.2, 0) is 19.5 Å². The van der Waals surface area contributed by atoms with Gasteiger partial charge in [0, 0.05) is 30.6 Å². The van der Waals surface area contributed by atoms with Crippen molar-refractivity contribution in [2.45, 2.75) is 19.5 Å². The zero-order chi connectivity index (χ0) is 22.9. The van der Waals surface area contributed by atoms with Gasteiger partial charge in [-0.15, -0.1) is 0 Å². The summed E-state index contributed by atoms with van der Waals surface area (Å²) in [6.07, 6.45) is 0.946. The van der Waals surface area contributed by atoms with Crippen molar-refractivity contribution < 1.29 is 23.0 Å². The molecule has 0 radical (unpaired) electrons. The Balaban J connectivity index is 1.46. The summed E-state index contributed by atoms with van der Waals surface area (Å²) in [6, 6.07) is 16.6. The van der Waals surface area contributed by atoms with Crippen molar-refractivity contribution in [3.63, 3.8) is 0 Å². The maximum Gasteiger partial charge on any atom is 0.176 e. The van der Waals surface area contributed by atoms with Crippen LogP contribution in [0.4, 0.5) is 4.39 Å². The van der Waals surface area contributed by atoms with E-state index < -0.39 is 0 Å². The first-order valence-corrected chi connectivity index (χ1v) is 10.9. The van der Waals surface area contributed by atoms with Crippen LogP contribution in [-0.4, -0.2) is 32.8 Å². The van der Waals surface area contributed by atoms with Crippen LogP contribution < -0.4 is 14.2 Å². The minimum absolute atomic E-state index is 0.271. The van der Waals surface area contributed by atoms with Crippen LogP contribution in [0.1, 0.15) is 16.7 Å². The standard InChI is InChI=1S/C27H26FNO4/c1-30-23-9-6-19(22-14-24(33-27(22)23)17-4-7-21(28)8-5-17)15-29-11-10-18-12-25(31-2)26(32-3)13-20(18)16-29/h4-9,12-14H,10-11,15-16H2,1-3H3. The average molecular weight is 448 g/mol. The molecule has 0 saturated carbocycles. The molecule has 0 bridgehead atoms. The number of rotatable bonds is 6. The zero-order valence-electron chi connectivity index (χ0n) is 19.0. The van der Waals surface area contributed by atoms with Crippen molar-refractivity contribution >= 4 is 11.0 Å². The Morgan fingerprint density at radius 1 is 0.848 bits per heavy atom. The fourth-order valence-corrected chi connectivity index (χ4v) is 4.53. The van der Waals surface area contributed by atoms with E-state index in [-0.39, 0.29) is 5.82 Å². The fourth-order valence-electron chi connectivity index (χ4n) is 4.53. The molecule has 4 aromatic rings. The second-order valence-corrected chi connectivity index (χ2v) is 8.22. The molecular formula is C27H26FNO4. The van der Waals surface area contributed by atoms with Crippen LogP contribution in [0.25, 0.3) is 22.3 Å². The molecule has 5 rings (SSSR count). The van der Waals surface area contributed by atoms with Crippen molar-refractivity contribution in [2.24, 2.45) is 0 Å². The highest BCUT2D eigenvalue weighted by Crippen LogP contribution is 2.37. The number of fused-ring (bicyclic) bond motifs is 2. The molecule has 2 heterocycles. The smallest absolute Gasteiger partial charge is 0.176 e. The van der Waals surface area contributed by atoms with E-state index in [9.17, 15) is 4.39 Å². The van der Waals surface area contributed by atoms with Crippen LogP contribution >= 0.6 is 0 Å². The van der Waals surface area contributed by atoms with E-state index >= 15 is 0 Å². The highest BCUT2D eigenvalue weighted by Gasteiger charge is 2.21. The summed E-state index contributed by atoms with van der Waals surface area (Å²) in [5, 5.41) is 1.01. The summed E-state index contributed by atoms with van der Waals surface area (Å²) < 4.78 is 36.0. The predicted molar refractivity (Wildman–Crippen MR) is 126 cm³/mol. The summed E-state index contributed by atoms with van der Waals surface area (Å²) in [5.74, 6) is 2.63. The molecule has 1 aromatic heterocycles. The van der Waals surface area contributed by atoms with Gasteiger partial charge in [-0.1, -0.05) is 6.07 Å². The van der Waals surface area contributed by atoms with Gasteiger partial charge in [0.05, 0.1) is 21.3 Å². The molecule has 1 aliphatic rings. The first-order chi connectivity index (χ1) is 16.1. The number of hydrogen-bond acceptors (Lipinski definition) is 5. The second-order valence-electron chi connectivity index (χ2n) is 8.22. The molecule has 0 spiro atoms. The van der Waals surface area contributed by atoms with Gasteiger partial charge in [-0.2, -0.15) is 0 Å². The molecule has 0 atom stereocenters. The van der Waals surface area contributed by atoms with Crippen molar-refractivity contribution in [3.8, 4) is 28.6 Å². The lowest BCUT2D eigenvalue weighted by atomic mass is 9.98. The molecule has 0 aliphatic carbocycles. The van der Waals surface area contributed by atoms with Gasteiger partial charge < -0.3 is 18.6 Å². The number of furan rings is 1. The van der Waals surface area contributed by atoms with E-state index in [0.717, 1.165) is 54.1 Å². The van der Waals surface area contributed by atoms with Crippen molar-refractivity contribution in [3.05, 3.63) is 77.1 Å². The van der Waals surface area contributed by atoms with Crippen molar-refractivity contribution in [2.75, 3.05) is 27.9 Å². The Bertz CT molecular complexity index is 1300. The Hall–Kier alpha value is -3.51. The number of ether oxygens (including phenoxy) is 3. The highest BCUT2D eigenvalue weighted by atomic mass is 19.1. The predicted octanol–water partition coefficient (Wildman–Crippen LogP) is 5.82. The van der Waals surface area contributed by atoms with Gasteiger partial charge in [0.1, 0.15) is 11.6 Å². The van der Waals surface area contributed by atoms with E-state index in [0.29, 0.717) is 17.1 Å². The third-order valence-corrected chi connectivity index (χ3v) is 6.28. The van der Waals surface area contributed by atoms with Crippen LogP contribution in [0.3, 0.4) is 0 Å². The SMILES string of the molecule is COc1cc2c(cc1OC)CN(Cc1ccc(OC)c3oc(-c4ccc(F)cc4)cc13)CC2. The minimum Gasteiger partial charge on any atom is -0.493 e. The van der Waals surface area contributed by atoms with Gasteiger partial charge in [-0.25, -0.2) is 4.39 Å². The van der Waals surface area contributed by atoms with E-state index in [1.165, 1.54) is 23.3 Å². The molecule has 0 amide bonds. The number of nitrogens with zero attached hydrogens (tertiary/aromatic N) is 1. The lowest BCUT2D eigenvalue weighted by molar-refractivity contribution is 0.245. The summed E-state index contributed by atoms with van der Waals surface area (Å²) in [5.41, 5.74) is 5.24. The van der Waals surface area contributed by atoms with Gasteiger partial charge >= 0.3 is 0 Å². The van der Waals surface area contributed by atoms with Gasteiger partial charge in [-0.05, 0) is 71.6 Å². The monoisotopic (exact) mass is 447 g/mol. The van der Waals surface area contributed by atoms with Gasteiger partial charge in [0.15, 0.2) is 22.8 Å². The van der Waals surface area contributed by atoms with Crippen LogP contribution in [0.5, 0.6) is 17.2 Å². The maximum atomic E-state index is 13.4. The van der Waals surface area contributed by atoms with E-state index in [2.05, 4.69) is 23.1 Å². The van der Waals surface area contributed by atoms with Crippen LogP contribution in [0.2, 0.25) is 0 Å². The first kappa shape index (κ1) is 21.3. The lowest BCUT2D eigenvalue weighted by Crippen LogP contribution is -2.30. The molecule has 0 N–H and O–H groups in total. The van der Waals surface area contributed by atoms with Crippen LogP contribution in [0, 0.1) is 5.82 Å².